The van der Waals surface area contributed by atoms with Crippen molar-refractivity contribution in [2.75, 3.05) is 36.4 Å². The summed E-state index contributed by atoms with van der Waals surface area (Å²) in [7, 11) is 0. The van der Waals surface area contributed by atoms with E-state index in [0.29, 0.717) is 34.5 Å². The predicted octanol–water partition coefficient (Wildman–Crippen LogP) is 6.01. The molecule has 2 aliphatic heterocycles. The first kappa shape index (κ1) is 25.2. The summed E-state index contributed by atoms with van der Waals surface area (Å²) in [6, 6.07) is 8.02. The molecule has 1 aromatic carbocycles. The number of aromatic nitrogens is 2. The van der Waals surface area contributed by atoms with Crippen LogP contribution in [-0.4, -0.2) is 58.2 Å². The molecule has 3 fully saturated rings. The monoisotopic (exact) mass is 559 g/mol. The Balaban J connectivity index is 1.09. The fourth-order valence-corrected chi connectivity index (χ4v) is 7.34. The van der Waals surface area contributed by atoms with Crippen molar-refractivity contribution in [2.45, 2.75) is 45.2 Å². The van der Waals surface area contributed by atoms with Gasteiger partial charge in [-0.25, -0.2) is 4.98 Å². The summed E-state index contributed by atoms with van der Waals surface area (Å²) in [6.07, 6.45) is 3.99. The van der Waals surface area contributed by atoms with Crippen LogP contribution in [-0.2, 0) is 11.3 Å². The summed E-state index contributed by atoms with van der Waals surface area (Å²) >= 11 is 14.0. The highest BCUT2D eigenvalue weighted by Gasteiger charge is 2.49. The molecule has 2 aromatic heterocycles. The molecule has 0 bridgehead atoms. The van der Waals surface area contributed by atoms with E-state index >= 15 is 0 Å². The second-order valence-corrected chi connectivity index (χ2v) is 12.8. The molecule has 0 radical (unpaired) electrons. The molecule has 0 spiro atoms. The second-order valence-electron chi connectivity index (χ2n) is 11.1. The number of carboxylic acid groups (broad SMARTS) is 1. The van der Waals surface area contributed by atoms with Gasteiger partial charge in [0.1, 0.15) is 10.6 Å². The van der Waals surface area contributed by atoms with Gasteiger partial charge in [-0.3, -0.25) is 4.79 Å². The van der Waals surface area contributed by atoms with E-state index in [2.05, 4.69) is 26.6 Å². The molecule has 0 amide bonds. The molecule has 37 heavy (non-hydrogen) atoms. The normalized spacial score (nSPS) is 26.6. The number of hydrogen-bond donors (Lipinski definition) is 2. The maximum Gasteiger partial charge on any atom is 0.309 e. The first-order valence-electron chi connectivity index (χ1n) is 12.9. The summed E-state index contributed by atoms with van der Waals surface area (Å²) in [5.41, 5.74) is 0.434. The molecular formula is C27H31Cl2N5O2S. The number of halogens is 2. The van der Waals surface area contributed by atoms with Gasteiger partial charge in [-0.15, -0.1) is 11.3 Å². The highest BCUT2D eigenvalue weighted by Crippen LogP contribution is 2.45. The molecule has 1 saturated carbocycles. The molecule has 2 N–H and O–H groups in total. The SMILES string of the molecule is CC1(C(=O)O)CC(N2CCCC(C3CN(c4nc(NCc5ccc(Cl)cc5Cl)c5ccsc5n4)C3)C2)C1. The molecule has 1 unspecified atom stereocenters. The fraction of sp³-hybridized carbons (Fsp3) is 0.519. The molecule has 3 aromatic rings. The number of aliphatic carboxylic acids is 1. The maximum atomic E-state index is 11.5. The van der Waals surface area contributed by atoms with Gasteiger partial charge in [0.25, 0.3) is 0 Å². The van der Waals surface area contributed by atoms with E-state index in [1.54, 1.807) is 17.4 Å². The van der Waals surface area contributed by atoms with Crippen molar-refractivity contribution in [2.24, 2.45) is 17.3 Å². The Morgan fingerprint density at radius 2 is 2.00 bits per heavy atom. The van der Waals surface area contributed by atoms with Crippen LogP contribution in [0, 0.1) is 17.3 Å². The van der Waals surface area contributed by atoms with Crippen LogP contribution in [0.2, 0.25) is 10.0 Å². The summed E-state index contributed by atoms with van der Waals surface area (Å²) in [5.74, 6) is 2.23. The Hall–Kier alpha value is -2.13. The second kappa shape index (κ2) is 9.88. The summed E-state index contributed by atoms with van der Waals surface area (Å²) in [4.78, 5) is 27.1. The predicted molar refractivity (Wildman–Crippen MR) is 150 cm³/mol. The zero-order valence-corrected chi connectivity index (χ0v) is 23.1. The third-order valence-corrected chi connectivity index (χ3v) is 9.92. The van der Waals surface area contributed by atoms with Crippen LogP contribution < -0.4 is 10.2 Å². The van der Waals surface area contributed by atoms with Gasteiger partial charge in [0.2, 0.25) is 5.95 Å². The van der Waals surface area contributed by atoms with Gasteiger partial charge in [-0.05, 0) is 80.1 Å². The number of nitrogens with one attached hydrogen (secondary N) is 1. The smallest absolute Gasteiger partial charge is 0.309 e. The van der Waals surface area contributed by atoms with Crippen molar-refractivity contribution < 1.29 is 9.90 Å². The quantitative estimate of drug-likeness (QED) is 0.366. The minimum atomic E-state index is -0.653. The molecule has 4 heterocycles. The van der Waals surface area contributed by atoms with Gasteiger partial charge in [-0.2, -0.15) is 4.98 Å². The van der Waals surface area contributed by atoms with Crippen LogP contribution >= 0.6 is 34.5 Å². The lowest BCUT2D eigenvalue weighted by Gasteiger charge is -2.52. The number of carboxylic acids is 1. The van der Waals surface area contributed by atoms with Crippen LogP contribution in [0.1, 0.15) is 38.2 Å². The largest absolute Gasteiger partial charge is 0.481 e. The topological polar surface area (TPSA) is 81.6 Å². The van der Waals surface area contributed by atoms with Crippen molar-refractivity contribution in [3.05, 3.63) is 45.3 Å². The number of anilines is 2. The first-order chi connectivity index (χ1) is 17.8. The van der Waals surface area contributed by atoms with Crippen LogP contribution in [0.3, 0.4) is 0 Å². The van der Waals surface area contributed by atoms with E-state index in [9.17, 15) is 9.90 Å². The number of fused-ring (bicyclic) bond motifs is 1. The van der Waals surface area contributed by atoms with Gasteiger partial charge in [0.05, 0.1) is 10.8 Å². The van der Waals surface area contributed by atoms with Crippen molar-refractivity contribution in [1.29, 1.82) is 0 Å². The molecule has 2 saturated heterocycles. The number of nitrogens with zero attached hydrogens (tertiary/aromatic N) is 4. The standard InChI is InChI=1S/C27H31Cl2N5O2S/c1-27(25(35)36)10-20(11-27)33-7-2-3-17(13-33)18-14-34(15-18)26-31-23(21-6-8-37-24(21)32-26)30-12-16-4-5-19(28)9-22(16)29/h4-6,8-9,17-18,20H,2-3,7,10-15H2,1H3,(H,35,36)(H,30,31,32). The molecule has 196 valence electrons. The lowest BCUT2D eigenvalue weighted by Crippen LogP contribution is -2.58. The number of carbonyl (C=O) groups is 1. The number of likely N-dealkylation sites (tertiary alicyclic amines) is 1. The third kappa shape index (κ3) is 4.89. The van der Waals surface area contributed by atoms with E-state index in [4.69, 9.17) is 33.2 Å². The van der Waals surface area contributed by atoms with Gasteiger partial charge in [-0.1, -0.05) is 29.3 Å². The Morgan fingerprint density at radius 3 is 2.76 bits per heavy atom. The van der Waals surface area contributed by atoms with Gasteiger partial charge >= 0.3 is 5.97 Å². The van der Waals surface area contributed by atoms with E-state index < -0.39 is 11.4 Å². The fourth-order valence-electron chi connectivity index (χ4n) is 6.11. The summed E-state index contributed by atoms with van der Waals surface area (Å²) < 4.78 is 0. The van der Waals surface area contributed by atoms with Gasteiger partial charge < -0.3 is 20.2 Å². The Morgan fingerprint density at radius 1 is 1.19 bits per heavy atom. The highest BCUT2D eigenvalue weighted by molar-refractivity contribution is 7.16. The molecule has 3 aliphatic rings. The summed E-state index contributed by atoms with van der Waals surface area (Å²) in [6.45, 7) is 6.55. The van der Waals surface area contributed by atoms with E-state index in [1.165, 1.54) is 12.8 Å². The van der Waals surface area contributed by atoms with Crippen LogP contribution in [0.25, 0.3) is 10.2 Å². The van der Waals surface area contributed by atoms with Gasteiger partial charge in [0.15, 0.2) is 0 Å². The minimum absolute atomic E-state index is 0.424. The average Bonchev–Trinajstić information content (AvgIpc) is 3.29. The zero-order chi connectivity index (χ0) is 25.7. The summed E-state index contributed by atoms with van der Waals surface area (Å²) in [5, 5.41) is 17.3. The zero-order valence-electron chi connectivity index (χ0n) is 20.8. The van der Waals surface area contributed by atoms with E-state index in [-0.39, 0.29) is 0 Å². The lowest BCUT2D eigenvalue weighted by atomic mass is 9.65. The van der Waals surface area contributed by atoms with Crippen molar-refractivity contribution in [1.82, 2.24) is 14.9 Å². The molecule has 1 atom stereocenters. The third-order valence-electron chi connectivity index (χ3n) is 8.53. The Kier molecular flexibility index (Phi) is 6.72. The van der Waals surface area contributed by atoms with Crippen LogP contribution in [0.5, 0.6) is 0 Å². The Labute approximate surface area is 230 Å². The average molecular weight is 561 g/mol. The van der Waals surface area contributed by atoms with E-state index in [0.717, 1.165) is 66.6 Å². The number of thiophene rings is 1. The van der Waals surface area contributed by atoms with Crippen molar-refractivity contribution in [3.8, 4) is 0 Å². The number of hydrogen-bond acceptors (Lipinski definition) is 7. The van der Waals surface area contributed by atoms with E-state index in [1.807, 2.05) is 19.1 Å². The number of piperidine rings is 1. The number of benzene rings is 1. The number of rotatable bonds is 7. The van der Waals surface area contributed by atoms with Gasteiger partial charge in [0, 0.05) is 42.3 Å². The molecule has 6 rings (SSSR count). The minimum Gasteiger partial charge on any atom is -0.481 e. The highest BCUT2D eigenvalue weighted by atomic mass is 35.5. The van der Waals surface area contributed by atoms with Crippen LogP contribution in [0.4, 0.5) is 11.8 Å². The maximum absolute atomic E-state index is 11.5. The van der Waals surface area contributed by atoms with Crippen molar-refractivity contribution >= 4 is 62.5 Å². The molecule has 10 heteroatoms. The first-order valence-corrected chi connectivity index (χ1v) is 14.6. The molecule has 1 aliphatic carbocycles. The Bertz CT molecular complexity index is 1320. The molecule has 7 nitrogen and oxygen atoms in total. The molecular weight excluding hydrogens is 529 g/mol. The van der Waals surface area contributed by atoms with Crippen LogP contribution in [0.15, 0.2) is 29.6 Å². The van der Waals surface area contributed by atoms with Crippen molar-refractivity contribution in [3.63, 3.8) is 0 Å². The lowest BCUT2D eigenvalue weighted by molar-refractivity contribution is -0.158.